The minimum absolute atomic E-state index is 0.171. The highest BCUT2D eigenvalue weighted by Crippen LogP contribution is 2.21. The standard InChI is InChI=1S/C11H9BrF3NO/c12-9-1-2-10-8(7-9)3-4-16(10)5-6-17-11(13,14)15/h1-4,7H,5-6H2. The molecule has 1 aromatic heterocycles. The predicted molar refractivity (Wildman–Crippen MR) is 61.6 cm³/mol. The molecule has 0 aliphatic heterocycles. The molecule has 92 valence electrons. The second kappa shape index (κ2) is 4.70. The van der Waals surface area contributed by atoms with Gasteiger partial charge in [-0.3, -0.25) is 4.74 Å². The molecule has 0 radical (unpaired) electrons. The average molecular weight is 308 g/mol. The Morgan fingerprint density at radius 2 is 2.00 bits per heavy atom. The van der Waals surface area contributed by atoms with E-state index in [1.807, 2.05) is 24.3 Å². The number of aromatic nitrogens is 1. The number of ether oxygens (including phenoxy) is 1. The Kier molecular flexibility index (Phi) is 3.44. The topological polar surface area (TPSA) is 14.2 Å². The minimum atomic E-state index is -4.56. The van der Waals surface area contributed by atoms with Crippen molar-refractivity contribution in [1.82, 2.24) is 4.57 Å². The van der Waals surface area contributed by atoms with Crippen LogP contribution in [0.5, 0.6) is 0 Å². The van der Waals surface area contributed by atoms with Gasteiger partial charge in [0.1, 0.15) is 0 Å². The van der Waals surface area contributed by atoms with Crippen LogP contribution in [0.15, 0.2) is 34.9 Å². The van der Waals surface area contributed by atoms with Crippen molar-refractivity contribution in [2.24, 2.45) is 0 Å². The summed E-state index contributed by atoms with van der Waals surface area (Å²) in [5.41, 5.74) is 0.888. The largest absolute Gasteiger partial charge is 0.522 e. The van der Waals surface area contributed by atoms with Gasteiger partial charge in [0.25, 0.3) is 0 Å². The Morgan fingerprint density at radius 1 is 1.24 bits per heavy atom. The van der Waals surface area contributed by atoms with Crippen LogP contribution in [0.1, 0.15) is 0 Å². The molecule has 2 nitrogen and oxygen atoms in total. The van der Waals surface area contributed by atoms with Gasteiger partial charge in [-0.15, -0.1) is 13.2 Å². The summed E-state index contributed by atoms with van der Waals surface area (Å²) < 4.78 is 41.9. The van der Waals surface area contributed by atoms with Crippen molar-refractivity contribution in [3.05, 3.63) is 34.9 Å². The van der Waals surface area contributed by atoms with E-state index in [-0.39, 0.29) is 13.2 Å². The SMILES string of the molecule is FC(F)(F)OCCn1ccc2cc(Br)ccc21. The highest BCUT2D eigenvalue weighted by atomic mass is 79.9. The number of hydrogen-bond acceptors (Lipinski definition) is 1. The number of rotatable bonds is 3. The molecule has 0 N–H and O–H groups in total. The summed E-state index contributed by atoms with van der Waals surface area (Å²) in [5.74, 6) is 0. The van der Waals surface area contributed by atoms with E-state index >= 15 is 0 Å². The molecule has 1 aromatic carbocycles. The molecular formula is C11H9BrF3NO. The Balaban J connectivity index is 2.09. The third-order valence-electron chi connectivity index (χ3n) is 2.33. The summed E-state index contributed by atoms with van der Waals surface area (Å²) >= 11 is 3.34. The second-order valence-electron chi connectivity index (χ2n) is 3.51. The quantitative estimate of drug-likeness (QED) is 0.838. The molecule has 0 saturated carbocycles. The molecule has 0 spiro atoms. The molecule has 1 heterocycles. The van der Waals surface area contributed by atoms with Gasteiger partial charge in [0.05, 0.1) is 6.61 Å². The van der Waals surface area contributed by atoms with Crippen LogP contribution < -0.4 is 0 Å². The van der Waals surface area contributed by atoms with E-state index in [4.69, 9.17) is 0 Å². The number of benzene rings is 1. The van der Waals surface area contributed by atoms with Crippen LogP contribution in [-0.4, -0.2) is 17.5 Å². The fourth-order valence-corrected chi connectivity index (χ4v) is 2.00. The fraction of sp³-hybridized carbons (Fsp3) is 0.273. The van der Waals surface area contributed by atoms with E-state index in [0.717, 1.165) is 15.4 Å². The summed E-state index contributed by atoms with van der Waals surface area (Å²) in [6.07, 6.45) is -2.82. The zero-order valence-electron chi connectivity index (χ0n) is 8.67. The van der Waals surface area contributed by atoms with Crippen molar-refractivity contribution in [2.75, 3.05) is 6.61 Å². The molecule has 0 bridgehead atoms. The summed E-state index contributed by atoms with van der Waals surface area (Å²) in [7, 11) is 0. The monoisotopic (exact) mass is 307 g/mol. The normalized spacial score (nSPS) is 12.2. The number of fused-ring (bicyclic) bond motifs is 1. The maximum absolute atomic E-state index is 11.8. The molecule has 2 aromatic rings. The zero-order valence-corrected chi connectivity index (χ0v) is 10.3. The lowest BCUT2D eigenvalue weighted by molar-refractivity contribution is -0.325. The van der Waals surface area contributed by atoms with Crippen LogP contribution in [0.3, 0.4) is 0 Å². The number of nitrogens with zero attached hydrogens (tertiary/aromatic N) is 1. The highest BCUT2D eigenvalue weighted by molar-refractivity contribution is 9.10. The molecule has 0 aliphatic carbocycles. The molecule has 0 aliphatic rings. The second-order valence-corrected chi connectivity index (χ2v) is 4.42. The summed E-state index contributed by atoms with van der Waals surface area (Å²) in [4.78, 5) is 0. The van der Waals surface area contributed by atoms with Crippen molar-refractivity contribution >= 4 is 26.8 Å². The van der Waals surface area contributed by atoms with Gasteiger partial charge in [0.2, 0.25) is 0 Å². The van der Waals surface area contributed by atoms with Crippen LogP contribution in [0.2, 0.25) is 0 Å². The van der Waals surface area contributed by atoms with Gasteiger partial charge < -0.3 is 4.57 Å². The molecular weight excluding hydrogens is 299 g/mol. The lowest BCUT2D eigenvalue weighted by atomic mass is 10.2. The Morgan fingerprint density at radius 3 is 2.71 bits per heavy atom. The van der Waals surface area contributed by atoms with Gasteiger partial charge in [-0.2, -0.15) is 0 Å². The lowest BCUT2D eigenvalue weighted by Gasteiger charge is -2.08. The van der Waals surface area contributed by atoms with Crippen molar-refractivity contribution < 1.29 is 17.9 Å². The van der Waals surface area contributed by atoms with Gasteiger partial charge in [-0.25, -0.2) is 0 Å². The van der Waals surface area contributed by atoms with Crippen LogP contribution in [0.4, 0.5) is 13.2 Å². The molecule has 0 unspecified atom stereocenters. The van der Waals surface area contributed by atoms with E-state index < -0.39 is 6.36 Å². The van der Waals surface area contributed by atoms with Crippen molar-refractivity contribution in [1.29, 1.82) is 0 Å². The lowest BCUT2D eigenvalue weighted by Crippen LogP contribution is -2.17. The van der Waals surface area contributed by atoms with Crippen LogP contribution >= 0.6 is 15.9 Å². The average Bonchev–Trinajstić information content (AvgIpc) is 2.59. The summed E-state index contributed by atoms with van der Waals surface area (Å²) in [6, 6.07) is 7.47. The predicted octanol–water partition coefficient (Wildman–Crippen LogP) is 3.94. The summed E-state index contributed by atoms with van der Waals surface area (Å²) in [5, 5.41) is 0.978. The highest BCUT2D eigenvalue weighted by Gasteiger charge is 2.28. The molecule has 2 rings (SSSR count). The first kappa shape index (κ1) is 12.4. The fourth-order valence-electron chi connectivity index (χ4n) is 1.63. The van der Waals surface area contributed by atoms with Crippen LogP contribution in [0.25, 0.3) is 10.9 Å². The van der Waals surface area contributed by atoms with Gasteiger partial charge in [0, 0.05) is 28.1 Å². The number of alkyl halides is 3. The maximum Gasteiger partial charge on any atom is 0.522 e. The van der Waals surface area contributed by atoms with Gasteiger partial charge in [-0.1, -0.05) is 15.9 Å². The van der Waals surface area contributed by atoms with Crippen molar-refractivity contribution in [3.63, 3.8) is 0 Å². The Bertz CT molecular complexity index is 521. The first-order chi connectivity index (χ1) is 7.96. The third-order valence-corrected chi connectivity index (χ3v) is 2.82. The van der Waals surface area contributed by atoms with Crippen molar-refractivity contribution in [3.8, 4) is 0 Å². The van der Waals surface area contributed by atoms with Crippen LogP contribution in [0, 0.1) is 0 Å². The molecule has 0 saturated heterocycles. The van der Waals surface area contributed by atoms with Gasteiger partial charge in [0.15, 0.2) is 0 Å². The molecule has 17 heavy (non-hydrogen) atoms. The van der Waals surface area contributed by atoms with Crippen LogP contribution in [-0.2, 0) is 11.3 Å². The Labute approximate surface area is 104 Å². The van der Waals surface area contributed by atoms with E-state index in [2.05, 4.69) is 20.7 Å². The van der Waals surface area contributed by atoms with Gasteiger partial charge in [-0.05, 0) is 24.3 Å². The first-order valence-corrected chi connectivity index (χ1v) is 5.70. The number of halogens is 4. The third kappa shape index (κ3) is 3.23. The number of hydrogen-bond donors (Lipinski definition) is 0. The van der Waals surface area contributed by atoms with E-state index in [1.54, 1.807) is 10.8 Å². The van der Waals surface area contributed by atoms with E-state index in [0.29, 0.717) is 0 Å². The maximum atomic E-state index is 11.8. The Hall–Kier alpha value is -1.01. The molecule has 0 amide bonds. The zero-order chi connectivity index (χ0) is 12.5. The van der Waals surface area contributed by atoms with E-state index in [9.17, 15) is 13.2 Å². The van der Waals surface area contributed by atoms with E-state index in [1.165, 1.54) is 0 Å². The van der Waals surface area contributed by atoms with Crippen molar-refractivity contribution in [2.45, 2.75) is 12.9 Å². The first-order valence-electron chi connectivity index (χ1n) is 4.91. The molecule has 0 fully saturated rings. The molecule has 0 atom stereocenters. The van der Waals surface area contributed by atoms with Gasteiger partial charge >= 0.3 is 6.36 Å². The minimum Gasteiger partial charge on any atom is -0.345 e. The smallest absolute Gasteiger partial charge is 0.345 e. The summed E-state index contributed by atoms with van der Waals surface area (Å²) in [6.45, 7) is -0.214. The molecule has 6 heteroatoms.